The second-order valence-electron chi connectivity index (χ2n) is 5.09. The average Bonchev–Trinajstić information content (AvgIpc) is 3.00. The van der Waals surface area contributed by atoms with Crippen LogP contribution in [-0.4, -0.2) is 47.2 Å². The molecule has 2 aliphatic carbocycles. The van der Waals surface area contributed by atoms with Gasteiger partial charge in [-0.3, -0.25) is 4.79 Å². The number of nitrogens with zero attached hydrogens (tertiary/aromatic N) is 1. The lowest BCUT2D eigenvalue weighted by Crippen LogP contribution is -2.49. The first-order chi connectivity index (χ1) is 7.64. The molecule has 0 aromatic rings. The summed E-state index contributed by atoms with van der Waals surface area (Å²) in [5.74, 6) is 0.174. The first-order valence-corrected chi connectivity index (χ1v) is 6.37. The molecule has 0 aliphatic heterocycles. The van der Waals surface area contributed by atoms with Crippen molar-refractivity contribution in [2.75, 3.05) is 19.6 Å². The van der Waals surface area contributed by atoms with Crippen molar-refractivity contribution in [1.82, 2.24) is 10.2 Å². The number of carbonyl (C=O) groups is 1. The van der Waals surface area contributed by atoms with Crippen LogP contribution in [0, 0.1) is 0 Å². The van der Waals surface area contributed by atoms with Gasteiger partial charge in [-0.05, 0) is 39.0 Å². The Labute approximate surface area is 97.0 Å². The van der Waals surface area contributed by atoms with Crippen LogP contribution in [-0.2, 0) is 4.79 Å². The van der Waals surface area contributed by atoms with E-state index in [2.05, 4.69) is 5.32 Å². The number of hydrogen-bond donors (Lipinski definition) is 2. The van der Waals surface area contributed by atoms with E-state index in [1.165, 1.54) is 0 Å². The number of hydrogen-bond acceptors (Lipinski definition) is 3. The Hall–Kier alpha value is -0.610. The van der Waals surface area contributed by atoms with Crippen molar-refractivity contribution in [1.29, 1.82) is 0 Å². The molecular formula is C12H22N2O2. The molecule has 0 aromatic heterocycles. The summed E-state index contributed by atoms with van der Waals surface area (Å²) in [6, 6.07) is 0.492. The van der Waals surface area contributed by atoms with Crippen LogP contribution in [0.5, 0.6) is 0 Å². The Bertz CT molecular complexity index is 260. The van der Waals surface area contributed by atoms with Gasteiger partial charge in [0.05, 0.1) is 12.1 Å². The molecule has 0 aromatic carbocycles. The van der Waals surface area contributed by atoms with Gasteiger partial charge in [-0.1, -0.05) is 0 Å². The number of carbonyl (C=O) groups excluding carboxylic acids is 1. The molecule has 2 N–H and O–H groups in total. The molecule has 0 unspecified atom stereocenters. The van der Waals surface area contributed by atoms with Crippen LogP contribution in [0.25, 0.3) is 0 Å². The van der Waals surface area contributed by atoms with E-state index in [-0.39, 0.29) is 5.91 Å². The van der Waals surface area contributed by atoms with E-state index in [1.807, 2.05) is 11.8 Å². The first-order valence-electron chi connectivity index (χ1n) is 6.37. The normalized spacial score (nSPS) is 22.6. The van der Waals surface area contributed by atoms with Crippen LogP contribution in [0.4, 0.5) is 0 Å². The van der Waals surface area contributed by atoms with E-state index in [1.54, 1.807) is 0 Å². The van der Waals surface area contributed by atoms with E-state index >= 15 is 0 Å². The molecule has 0 saturated heterocycles. The Kier molecular flexibility index (Phi) is 3.50. The Balaban J connectivity index is 1.66. The molecule has 0 radical (unpaired) electrons. The minimum atomic E-state index is -0.531. The molecule has 1 amide bonds. The molecule has 0 bridgehead atoms. The topological polar surface area (TPSA) is 52.6 Å². The summed E-state index contributed by atoms with van der Waals surface area (Å²) in [5.41, 5.74) is -0.531. The maximum Gasteiger partial charge on any atom is 0.236 e. The van der Waals surface area contributed by atoms with Crippen molar-refractivity contribution in [3.63, 3.8) is 0 Å². The largest absolute Gasteiger partial charge is 0.389 e. The van der Waals surface area contributed by atoms with Crippen molar-refractivity contribution in [2.24, 2.45) is 0 Å². The van der Waals surface area contributed by atoms with Gasteiger partial charge in [-0.15, -0.1) is 0 Å². The van der Waals surface area contributed by atoms with E-state index in [9.17, 15) is 9.90 Å². The van der Waals surface area contributed by atoms with Gasteiger partial charge in [0.15, 0.2) is 0 Å². The second kappa shape index (κ2) is 4.72. The van der Waals surface area contributed by atoms with Gasteiger partial charge in [0, 0.05) is 19.1 Å². The van der Waals surface area contributed by atoms with E-state index < -0.39 is 5.60 Å². The van der Waals surface area contributed by atoms with Gasteiger partial charge in [-0.25, -0.2) is 0 Å². The quantitative estimate of drug-likeness (QED) is 0.693. The lowest BCUT2D eigenvalue weighted by atomic mass is 9.80. The minimum absolute atomic E-state index is 0.174. The van der Waals surface area contributed by atoms with Gasteiger partial charge in [0.25, 0.3) is 0 Å². The number of aliphatic hydroxyl groups is 1. The number of amides is 1. The standard InChI is InChI=1S/C12H22N2O2/c1-2-14(10-4-5-10)11(15)8-13-9-12(16)6-3-7-12/h10,13,16H,2-9H2,1H3. The number of likely N-dealkylation sites (N-methyl/N-ethyl adjacent to an activating group) is 1. The summed E-state index contributed by atoms with van der Waals surface area (Å²) >= 11 is 0. The third kappa shape index (κ3) is 2.74. The number of rotatable bonds is 6. The summed E-state index contributed by atoms with van der Waals surface area (Å²) in [5, 5.41) is 12.9. The zero-order chi connectivity index (χ0) is 11.6. The molecule has 4 heteroatoms. The average molecular weight is 226 g/mol. The van der Waals surface area contributed by atoms with Gasteiger partial charge in [0.1, 0.15) is 0 Å². The third-order valence-corrected chi connectivity index (χ3v) is 3.66. The van der Waals surface area contributed by atoms with E-state index in [4.69, 9.17) is 0 Å². The van der Waals surface area contributed by atoms with Crippen molar-refractivity contribution >= 4 is 5.91 Å². The fourth-order valence-corrected chi connectivity index (χ4v) is 2.29. The molecular weight excluding hydrogens is 204 g/mol. The molecule has 4 nitrogen and oxygen atoms in total. The Morgan fingerprint density at radius 1 is 1.50 bits per heavy atom. The summed E-state index contributed by atoms with van der Waals surface area (Å²) in [7, 11) is 0. The molecule has 16 heavy (non-hydrogen) atoms. The van der Waals surface area contributed by atoms with Crippen LogP contribution in [0.3, 0.4) is 0 Å². The minimum Gasteiger partial charge on any atom is -0.389 e. The van der Waals surface area contributed by atoms with Gasteiger partial charge < -0.3 is 15.3 Å². The summed E-state index contributed by atoms with van der Waals surface area (Å²) < 4.78 is 0. The maximum atomic E-state index is 11.8. The third-order valence-electron chi connectivity index (χ3n) is 3.66. The van der Waals surface area contributed by atoms with Crippen molar-refractivity contribution in [3.05, 3.63) is 0 Å². The van der Waals surface area contributed by atoms with Crippen molar-refractivity contribution < 1.29 is 9.90 Å². The highest BCUT2D eigenvalue weighted by molar-refractivity contribution is 5.78. The van der Waals surface area contributed by atoms with Gasteiger partial charge in [0.2, 0.25) is 5.91 Å². The van der Waals surface area contributed by atoms with Crippen LogP contribution < -0.4 is 5.32 Å². The Morgan fingerprint density at radius 3 is 2.62 bits per heavy atom. The first kappa shape index (κ1) is 11.9. The molecule has 0 spiro atoms. The van der Waals surface area contributed by atoms with E-state index in [0.29, 0.717) is 19.1 Å². The summed E-state index contributed by atoms with van der Waals surface area (Å²) in [4.78, 5) is 13.8. The van der Waals surface area contributed by atoms with Crippen molar-refractivity contribution in [2.45, 2.75) is 50.7 Å². The summed E-state index contributed by atoms with van der Waals surface area (Å²) in [6.45, 7) is 3.75. The van der Waals surface area contributed by atoms with Crippen LogP contribution in [0.2, 0.25) is 0 Å². The predicted molar refractivity (Wildman–Crippen MR) is 62.1 cm³/mol. The van der Waals surface area contributed by atoms with Crippen molar-refractivity contribution in [3.8, 4) is 0 Å². The fraction of sp³-hybridized carbons (Fsp3) is 0.917. The van der Waals surface area contributed by atoms with Gasteiger partial charge >= 0.3 is 0 Å². The lowest BCUT2D eigenvalue weighted by molar-refractivity contribution is -0.130. The fourth-order valence-electron chi connectivity index (χ4n) is 2.29. The lowest BCUT2D eigenvalue weighted by Gasteiger charge is -2.36. The molecule has 92 valence electrons. The molecule has 0 heterocycles. The van der Waals surface area contributed by atoms with Gasteiger partial charge in [-0.2, -0.15) is 0 Å². The monoisotopic (exact) mass is 226 g/mol. The highest BCUT2D eigenvalue weighted by atomic mass is 16.3. The van der Waals surface area contributed by atoms with Crippen LogP contribution in [0.15, 0.2) is 0 Å². The molecule has 2 fully saturated rings. The SMILES string of the molecule is CCN(C(=O)CNCC1(O)CCC1)C1CC1. The van der Waals surface area contributed by atoms with E-state index in [0.717, 1.165) is 38.6 Å². The molecule has 0 atom stereocenters. The van der Waals surface area contributed by atoms with Crippen LogP contribution in [0.1, 0.15) is 39.0 Å². The predicted octanol–water partition coefficient (Wildman–Crippen LogP) is 0.502. The molecule has 2 aliphatic rings. The molecule has 2 rings (SSSR count). The smallest absolute Gasteiger partial charge is 0.236 e. The zero-order valence-electron chi connectivity index (χ0n) is 10.0. The number of nitrogens with one attached hydrogen (secondary N) is 1. The summed E-state index contributed by atoms with van der Waals surface area (Å²) in [6.07, 6.45) is 5.16. The molecule has 2 saturated carbocycles. The van der Waals surface area contributed by atoms with Crippen LogP contribution >= 0.6 is 0 Å². The maximum absolute atomic E-state index is 11.8. The second-order valence-corrected chi connectivity index (χ2v) is 5.09. The highest BCUT2D eigenvalue weighted by Gasteiger charge is 2.35. The highest BCUT2D eigenvalue weighted by Crippen LogP contribution is 2.30. The zero-order valence-corrected chi connectivity index (χ0v) is 10.0. The Morgan fingerprint density at radius 2 is 2.19 bits per heavy atom.